The van der Waals surface area contributed by atoms with Gasteiger partial charge in [-0.3, -0.25) is 9.59 Å². The lowest BCUT2D eigenvalue weighted by atomic mass is 9.87. The van der Waals surface area contributed by atoms with Crippen molar-refractivity contribution in [1.29, 1.82) is 0 Å². The Morgan fingerprint density at radius 1 is 1.06 bits per heavy atom. The Bertz CT molecular complexity index is 996. The van der Waals surface area contributed by atoms with E-state index in [-0.39, 0.29) is 17.4 Å². The Kier molecular flexibility index (Phi) is 5.63. The second-order valence-electron chi connectivity index (χ2n) is 7.43. The standard InChI is InChI=1S/C22H25NO8/c1-10(24)23-12-7-6-11-8-15(27-3)20(28-4)22(29-5)16(11)18-13-9-14(26-2)19(25)21(17(12)18)31-30-13/h8-9,12-13,21H,6-7H2,1-5H3,(H,23,24)/t12-,13-,21-/m0/s1. The number of hydrogen-bond acceptors (Lipinski definition) is 8. The SMILES string of the molecule is COC1=C[C@@H]2OO[C@H](C1=O)C1=C2c2c(cc(OC)c(OC)c2OC)CC[C@@H]1NC(C)=O. The van der Waals surface area contributed by atoms with Gasteiger partial charge < -0.3 is 24.3 Å². The molecule has 2 aliphatic heterocycles. The van der Waals surface area contributed by atoms with Crippen LogP contribution in [0.4, 0.5) is 0 Å². The Morgan fingerprint density at radius 2 is 1.81 bits per heavy atom. The molecule has 1 amide bonds. The molecule has 2 heterocycles. The lowest BCUT2D eigenvalue weighted by Crippen LogP contribution is -2.44. The molecule has 1 aromatic carbocycles. The maximum absolute atomic E-state index is 13.1. The maximum Gasteiger partial charge on any atom is 0.233 e. The number of fused-ring (bicyclic) bond motifs is 3. The van der Waals surface area contributed by atoms with Gasteiger partial charge in [-0.1, -0.05) is 0 Å². The summed E-state index contributed by atoms with van der Waals surface area (Å²) in [5.74, 6) is 0.980. The smallest absolute Gasteiger partial charge is 0.233 e. The number of methoxy groups -OCH3 is 4. The van der Waals surface area contributed by atoms with E-state index >= 15 is 0 Å². The van der Waals surface area contributed by atoms with Gasteiger partial charge in [0.1, 0.15) is 6.10 Å². The van der Waals surface area contributed by atoms with E-state index in [9.17, 15) is 9.59 Å². The van der Waals surface area contributed by atoms with Crippen LogP contribution in [-0.2, 0) is 30.5 Å². The van der Waals surface area contributed by atoms with E-state index in [1.807, 2.05) is 6.07 Å². The summed E-state index contributed by atoms with van der Waals surface area (Å²) in [6, 6.07) is 1.45. The zero-order valence-corrected chi connectivity index (χ0v) is 18.1. The van der Waals surface area contributed by atoms with Gasteiger partial charge in [0.2, 0.25) is 17.4 Å². The maximum atomic E-state index is 13.1. The van der Waals surface area contributed by atoms with Crippen molar-refractivity contribution < 1.29 is 38.3 Å². The molecule has 0 saturated carbocycles. The highest BCUT2D eigenvalue weighted by atomic mass is 17.2. The van der Waals surface area contributed by atoms with Gasteiger partial charge in [-0.05, 0) is 36.1 Å². The Morgan fingerprint density at radius 3 is 2.42 bits per heavy atom. The van der Waals surface area contributed by atoms with Gasteiger partial charge in [0.15, 0.2) is 23.4 Å². The first-order chi connectivity index (χ1) is 14.9. The van der Waals surface area contributed by atoms with E-state index in [2.05, 4.69) is 5.32 Å². The van der Waals surface area contributed by atoms with Gasteiger partial charge in [-0.15, -0.1) is 0 Å². The van der Waals surface area contributed by atoms with Crippen LogP contribution in [0, 0.1) is 0 Å². The molecule has 0 radical (unpaired) electrons. The largest absolute Gasteiger partial charge is 0.493 e. The van der Waals surface area contributed by atoms with E-state index < -0.39 is 18.2 Å². The summed E-state index contributed by atoms with van der Waals surface area (Å²) in [4.78, 5) is 36.2. The van der Waals surface area contributed by atoms with Gasteiger partial charge in [0, 0.05) is 18.1 Å². The van der Waals surface area contributed by atoms with Crippen molar-refractivity contribution in [3.63, 3.8) is 0 Å². The molecule has 5 rings (SSSR count). The van der Waals surface area contributed by atoms with Crippen molar-refractivity contribution in [2.75, 3.05) is 28.4 Å². The van der Waals surface area contributed by atoms with Gasteiger partial charge in [0.25, 0.3) is 0 Å². The molecule has 31 heavy (non-hydrogen) atoms. The summed E-state index contributed by atoms with van der Waals surface area (Å²) in [5.41, 5.74) is 2.98. The molecule has 0 spiro atoms. The third-order valence-electron chi connectivity index (χ3n) is 5.77. The Hall–Kier alpha value is -3.04. The minimum absolute atomic E-state index is 0.142. The number of carbonyl (C=O) groups excluding carboxylic acids is 2. The monoisotopic (exact) mass is 431 g/mol. The minimum Gasteiger partial charge on any atom is -0.493 e. The molecule has 1 N–H and O–H groups in total. The first kappa shape index (κ1) is 21.2. The van der Waals surface area contributed by atoms with E-state index in [0.717, 1.165) is 11.1 Å². The van der Waals surface area contributed by atoms with Gasteiger partial charge in [-0.2, -0.15) is 0 Å². The number of benzene rings is 1. The number of Topliss-reactive ketones (excluding diaryl/α,β-unsaturated/α-hetero) is 1. The van der Waals surface area contributed by atoms with Crippen molar-refractivity contribution >= 4 is 17.3 Å². The second kappa shape index (κ2) is 8.24. The molecule has 0 unspecified atom stereocenters. The molecule has 1 aromatic rings. The van der Waals surface area contributed by atoms with Crippen LogP contribution in [0.1, 0.15) is 24.5 Å². The average molecular weight is 431 g/mol. The van der Waals surface area contributed by atoms with E-state index in [0.29, 0.717) is 41.2 Å². The fourth-order valence-corrected chi connectivity index (χ4v) is 4.54. The second-order valence-corrected chi connectivity index (χ2v) is 7.43. The number of carbonyl (C=O) groups is 2. The lowest BCUT2D eigenvalue weighted by molar-refractivity contribution is -0.320. The summed E-state index contributed by atoms with van der Waals surface area (Å²) in [6.45, 7) is 1.44. The molecule has 0 fully saturated rings. The summed E-state index contributed by atoms with van der Waals surface area (Å²) >= 11 is 0. The molecular formula is C22H25NO8. The van der Waals surface area contributed by atoms with Crippen LogP contribution in [0.15, 0.2) is 23.5 Å². The van der Waals surface area contributed by atoms with Crippen molar-refractivity contribution in [3.05, 3.63) is 34.6 Å². The molecule has 4 aliphatic rings. The quantitative estimate of drug-likeness (QED) is 0.704. The van der Waals surface area contributed by atoms with Gasteiger partial charge in [0.05, 0.1) is 34.5 Å². The normalized spacial score (nSPS) is 24.4. The molecular weight excluding hydrogens is 406 g/mol. The lowest BCUT2D eigenvalue weighted by Gasteiger charge is -2.33. The van der Waals surface area contributed by atoms with Crippen LogP contribution in [0.3, 0.4) is 0 Å². The predicted molar refractivity (Wildman–Crippen MR) is 109 cm³/mol. The highest BCUT2D eigenvalue weighted by Gasteiger charge is 2.47. The highest BCUT2D eigenvalue weighted by molar-refractivity contribution is 6.04. The number of ether oxygens (including phenoxy) is 4. The van der Waals surface area contributed by atoms with Crippen LogP contribution < -0.4 is 19.5 Å². The molecule has 9 nitrogen and oxygen atoms in total. The first-order valence-electron chi connectivity index (χ1n) is 9.90. The van der Waals surface area contributed by atoms with Crippen LogP contribution in [0.5, 0.6) is 17.2 Å². The van der Waals surface area contributed by atoms with E-state index in [1.165, 1.54) is 21.1 Å². The van der Waals surface area contributed by atoms with Crippen LogP contribution in [-0.4, -0.2) is 58.4 Å². The summed E-state index contributed by atoms with van der Waals surface area (Å²) in [6.07, 6.45) is 0.930. The van der Waals surface area contributed by atoms with E-state index in [4.69, 9.17) is 28.7 Å². The minimum atomic E-state index is -1.06. The van der Waals surface area contributed by atoms with Gasteiger partial charge in [-0.25, -0.2) is 9.78 Å². The molecule has 9 heteroatoms. The average Bonchev–Trinajstić information content (AvgIpc) is 3.08. The Balaban J connectivity index is 2.05. The zero-order valence-electron chi connectivity index (χ0n) is 18.1. The molecule has 2 aliphatic carbocycles. The van der Waals surface area contributed by atoms with Crippen molar-refractivity contribution in [3.8, 4) is 17.2 Å². The van der Waals surface area contributed by atoms with Crippen molar-refractivity contribution in [1.82, 2.24) is 5.32 Å². The molecule has 3 atom stereocenters. The Labute approximate surface area is 179 Å². The molecule has 0 aromatic heterocycles. The van der Waals surface area contributed by atoms with E-state index in [1.54, 1.807) is 20.3 Å². The fraction of sp³-hybridized carbons (Fsp3) is 0.455. The first-order valence-corrected chi connectivity index (χ1v) is 9.90. The summed E-state index contributed by atoms with van der Waals surface area (Å²) in [5, 5.41) is 2.96. The predicted octanol–water partition coefficient (Wildman–Crippen LogP) is 1.73. The highest BCUT2D eigenvalue weighted by Crippen LogP contribution is 2.51. The number of amides is 1. The number of rotatable bonds is 5. The summed E-state index contributed by atoms with van der Waals surface area (Å²) in [7, 11) is 6.06. The number of nitrogens with one attached hydrogen (secondary N) is 1. The third kappa shape index (κ3) is 3.34. The van der Waals surface area contributed by atoms with Crippen LogP contribution >= 0.6 is 0 Å². The van der Waals surface area contributed by atoms with Crippen LogP contribution in [0.25, 0.3) is 5.57 Å². The number of hydrogen-bond donors (Lipinski definition) is 1. The number of ketones is 1. The van der Waals surface area contributed by atoms with Crippen molar-refractivity contribution in [2.45, 2.75) is 38.0 Å². The zero-order chi connectivity index (χ0) is 22.3. The third-order valence-corrected chi connectivity index (χ3v) is 5.77. The topological polar surface area (TPSA) is 102 Å². The molecule has 0 saturated heterocycles. The van der Waals surface area contributed by atoms with Crippen LogP contribution in [0.2, 0.25) is 0 Å². The van der Waals surface area contributed by atoms with Gasteiger partial charge >= 0.3 is 0 Å². The molecule has 166 valence electrons. The number of aryl methyl sites for hydroxylation is 1. The van der Waals surface area contributed by atoms with Crippen molar-refractivity contribution in [2.24, 2.45) is 0 Å². The fourth-order valence-electron chi connectivity index (χ4n) is 4.54. The molecule has 2 bridgehead atoms. The summed E-state index contributed by atoms with van der Waals surface area (Å²) < 4.78 is 22.2.